The van der Waals surface area contributed by atoms with E-state index in [1.54, 1.807) is 7.11 Å². The SMILES string of the molecule is CCCN(CCC)C(=O)Cc1nc(-c2ccc(OC)cc2)oc1C. The van der Waals surface area contributed by atoms with Crippen LogP contribution in [0.4, 0.5) is 0 Å². The fourth-order valence-corrected chi connectivity index (χ4v) is 2.61. The van der Waals surface area contributed by atoms with Gasteiger partial charge in [-0.15, -0.1) is 0 Å². The average molecular weight is 330 g/mol. The van der Waals surface area contributed by atoms with Gasteiger partial charge in [-0.2, -0.15) is 0 Å². The van der Waals surface area contributed by atoms with Crippen LogP contribution in [0.3, 0.4) is 0 Å². The predicted octanol–water partition coefficient (Wildman–Crippen LogP) is 3.85. The molecule has 130 valence electrons. The maximum Gasteiger partial charge on any atom is 0.228 e. The lowest BCUT2D eigenvalue weighted by Crippen LogP contribution is -2.33. The van der Waals surface area contributed by atoms with Crippen LogP contribution in [0.15, 0.2) is 28.7 Å². The van der Waals surface area contributed by atoms with Crippen LogP contribution in [-0.2, 0) is 11.2 Å². The van der Waals surface area contributed by atoms with Crippen molar-refractivity contribution >= 4 is 5.91 Å². The van der Waals surface area contributed by atoms with Crippen LogP contribution in [0.25, 0.3) is 11.5 Å². The van der Waals surface area contributed by atoms with Crippen LogP contribution in [0, 0.1) is 6.92 Å². The van der Waals surface area contributed by atoms with E-state index < -0.39 is 0 Å². The summed E-state index contributed by atoms with van der Waals surface area (Å²) in [6.07, 6.45) is 2.20. The van der Waals surface area contributed by atoms with Crippen molar-refractivity contribution in [2.45, 2.75) is 40.0 Å². The van der Waals surface area contributed by atoms with Crippen molar-refractivity contribution in [3.8, 4) is 17.2 Å². The smallest absolute Gasteiger partial charge is 0.228 e. The summed E-state index contributed by atoms with van der Waals surface area (Å²) in [5.74, 6) is 2.13. The van der Waals surface area contributed by atoms with Gasteiger partial charge in [0, 0.05) is 18.7 Å². The minimum absolute atomic E-state index is 0.108. The van der Waals surface area contributed by atoms with Gasteiger partial charge in [-0.05, 0) is 44.0 Å². The molecule has 0 aliphatic rings. The van der Waals surface area contributed by atoms with Gasteiger partial charge < -0.3 is 14.1 Å². The number of methoxy groups -OCH3 is 1. The van der Waals surface area contributed by atoms with Crippen LogP contribution in [0.2, 0.25) is 0 Å². The van der Waals surface area contributed by atoms with Crippen molar-refractivity contribution in [1.29, 1.82) is 0 Å². The van der Waals surface area contributed by atoms with E-state index in [2.05, 4.69) is 18.8 Å². The third kappa shape index (κ3) is 4.37. The predicted molar refractivity (Wildman–Crippen MR) is 94.1 cm³/mol. The standard InChI is InChI=1S/C19H26N2O3/c1-5-11-21(12-6-2)18(22)13-17-14(3)24-19(20-17)15-7-9-16(23-4)10-8-15/h7-10H,5-6,11-13H2,1-4H3. The van der Waals surface area contributed by atoms with Gasteiger partial charge in [0.05, 0.1) is 19.2 Å². The number of benzene rings is 1. The van der Waals surface area contributed by atoms with Gasteiger partial charge in [0.25, 0.3) is 0 Å². The first-order valence-electron chi connectivity index (χ1n) is 8.47. The molecule has 24 heavy (non-hydrogen) atoms. The third-order valence-corrected chi connectivity index (χ3v) is 3.89. The summed E-state index contributed by atoms with van der Waals surface area (Å²) in [4.78, 5) is 18.9. The summed E-state index contributed by atoms with van der Waals surface area (Å²) in [5, 5.41) is 0. The Labute approximate surface area is 143 Å². The molecule has 1 aromatic heterocycles. The Bertz CT molecular complexity index is 656. The lowest BCUT2D eigenvalue weighted by molar-refractivity contribution is -0.130. The molecule has 5 heteroatoms. The molecule has 0 saturated carbocycles. The van der Waals surface area contributed by atoms with Crippen LogP contribution in [0.1, 0.15) is 38.1 Å². The molecular weight excluding hydrogens is 304 g/mol. The maximum absolute atomic E-state index is 12.5. The number of carbonyl (C=O) groups is 1. The van der Waals surface area contributed by atoms with Gasteiger partial charge in [-0.25, -0.2) is 4.98 Å². The molecule has 0 spiro atoms. The molecule has 2 aromatic rings. The third-order valence-electron chi connectivity index (χ3n) is 3.89. The lowest BCUT2D eigenvalue weighted by Gasteiger charge is -2.20. The van der Waals surface area contributed by atoms with Crippen LogP contribution >= 0.6 is 0 Å². The highest BCUT2D eigenvalue weighted by Crippen LogP contribution is 2.24. The second kappa shape index (κ2) is 8.52. The fourth-order valence-electron chi connectivity index (χ4n) is 2.61. The monoisotopic (exact) mass is 330 g/mol. The van der Waals surface area contributed by atoms with Crippen molar-refractivity contribution in [2.75, 3.05) is 20.2 Å². The number of nitrogens with zero attached hydrogens (tertiary/aromatic N) is 2. The van der Waals surface area contributed by atoms with Crippen molar-refractivity contribution in [3.63, 3.8) is 0 Å². The first-order chi connectivity index (χ1) is 11.6. The highest BCUT2D eigenvalue weighted by atomic mass is 16.5. The maximum atomic E-state index is 12.5. The summed E-state index contributed by atoms with van der Waals surface area (Å²) in [6.45, 7) is 7.59. The number of oxazole rings is 1. The zero-order valence-electron chi connectivity index (χ0n) is 15.0. The molecule has 1 aromatic carbocycles. The summed E-state index contributed by atoms with van der Waals surface area (Å²) in [7, 11) is 1.63. The minimum atomic E-state index is 0.108. The number of ether oxygens (including phenoxy) is 1. The van der Waals surface area contributed by atoms with E-state index in [-0.39, 0.29) is 12.3 Å². The van der Waals surface area contributed by atoms with E-state index in [1.807, 2.05) is 36.1 Å². The molecule has 0 bridgehead atoms. The number of aromatic nitrogens is 1. The topological polar surface area (TPSA) is 55.6 Å². The molecule has 0 atom stereocenters. The van der Waals surface area contributed by atoms with Gasteiger partial charge >= 0.3 is 0 Å². The fraction of sp³-hybridized carbons (Fsp3) is 0.474. The zero-order chi connectivity index (χ0) is 17.5. The minimum Gasteiger partial charge on any atom is -0.497 e. The summed E-state index contributed by atoms with van der Waals surface area (Å²) >= 11 is 0. The van der Waals surface area contributed by atoms with Crippen LogP contribution in [0.5, 0.6) is 5.75 Å². The van der Waals surface area contributed by atoms with Crippen molar-refractivity contribution in [3.05, 3.63) is 35.7 Å². The van der Waals surface area contributed by atoms with E-state index in [1.165, 1.54) is 0 Å². The highest BCUT2D eigenvalue weighted by molar-refractivity contribution is 5.78. The van der Waals surface area contributed by atoms with E-state index in [9.17, 15) is 4.79 Å². The van der Waals surface area contributed by atoms with Crippen molar-refractivity contribution < 1.29 is 13.9 Å². The number of rotatable bonds is 8. The normalized spacial score (nSPS) is 10.7. The average Bonchev–Trinajstić information content (AvgIpc) is 2.95. The molecule has 5 nitrogen and oxygen atoms in total. The second-order valence-electron chi connectivity index (χ2n) is 5.81. The first kappa shape index (κ1) is 18.0. The molecular formula is C19H26N2O3. The number of hydrogen-bond donors (Lipinski definition) is 0. The Balaban J connectivity index is 2.14. The molecule has 1 heterocycles. The Morgan fingerprint density at radius 2 is 1.79 bits per heavy atom. The molecule has 0 saturated heterocycles. The molecule has 0 aliphatic heterocycles. The van der Waals surface area contributed by atoms with Crippen molar-refractivity contribution in [2.24, 2.45) is 0 Å². The van der Waals surface area contributed by atoms with Gasteiger partial charge in [0.1, 0.15) is 11.5 Å². The van der Waals surface area contributed by atoms with Gasteiger partial charge in [0.15, 0.2) is 0 Å². The van der Waals surface area contributed by atoms with Crippen molar-refractivity contribution in [1.82, 2.24) is 9.88 Å². The lowest BCUT2D eigenvalue weighted by atomic mass is 10.2. The highest BCUT2D eigenvalue weighted by Gasteiger charge is 2.18. The van der Waals surface area contributed by atoms with Crippen LogP contribution < -0.4 is 4.74 Å². The number of amides is 1. The number of hydrogen-bond acceptors (Lipinski definition) is 4. The summed E-state index contributed by atoms with van der Waals surface area (Å²) < 4.78 is 10.9. The largest absolute Gasteiger partial charge is 0.497 e. The van der Waals surface area contributed by atoms with Crippen LogP contribution in [-0.4, -0.2) is 36.0 Å². The number of carbonyl (C=O) groups excluding carboxylic acids is 1. The Morgan fingerprint density at radius 1 is 1.17 bits per heavy atom. The number of aryl methyl sites for hydroxylation is 1. The zero-order valence-corrected chi connectivity index (χ0v) is 15.0. The van der Waals surface area contributed by atoms with E-state index >= 15 is 0 Å². The molecule has 0 N–H and O–H groups in total. The van der Waals surface area contributed by atoms with Gasteiger partial charge in [-0.3, -0.25) is 4.79 Å². The molecule has 0 unspecified atom stereocenters. The van der Waals surface area contributed by atoms with E-state index in [0.717, 1.165) is 37.2 Å². The second-order valence-corrected chi connectivity index (χ2v) is 5.81. The molecule has 0 radical (unpaired) electrons. The molecule has 2 rings (SSSR count). The van der Waals surface area contributed by atoms with Gasteiger partial charge in [-0.1, -0.05) is 13.8 Å². The Morgan fingerprint density at radius 3 is 2.33 bits per heavy atom. The summed E-state index contributed by atoms with van der Waals surface area (Å²) in [6, 6.07) is 7.53. The Kier molecular flexibility index (Phi) is 6.41. The first-order valence-corrected chi connectivity index (χ1v) is 8.47. The Hall–Kier alpha value is -2.30. The molecule has 0 aliphatic carbocycles. The van der Waals surface area contributed by atoms with Gasteiger partial charge in [0.2, 0.25) is 11.8 Å². The van der Waals surface area contributed by atoms with E-state index in [4.69, 9.17) is 9.15 Å². The van der Waals surface area contributed by atoms with E-state index in [0.29, 0.717) is 17.3 Å². The quantitative estimate of drug-likeness (QED) is 0.738. The molecule has 0 fully saturated rings. The summed E-state index contributed by atoms with van der Waals surface area (Å²) in [5.41, 5.74) is 1.58. The molecule has 1 amide bonds.